The zero-order valence-corrected chi connectivity index (χ0v) is 12.3. The Bertz CT molecular complexity index is 603. The summed E-state index contributed by atoms with van der Waals surface area (Å²) in [7, 11) is -3.22. The first-order chi connectivity index (χ1) is 9.15. The molecule has 0 aliphatic heterocycles. The van der Waals surface area contributed by atoms with E-state index in [2.05, 4.69) is 0 Å². The number of hydrogen-bond acceptors (Lipinski definition) is 5. The molecule has 1 N–H and O–H groups in total. The fraction of sp³-hybridized carbons (Fsp3) is 0.500. The van der Waals surface area contributed by atoms with Crippen molar-refractivity contribution in [3.63, 3.8) is 0 Å². The average Bonchev–Trinajstić information content (AvgIpc) is 2.76. The molecule has 0 saturated carbocycles. The lowest BCUT2D eigenvalue weighted by molar-refractivity contribution is 0.0641. The summed E-state index contributed by atoms with van der Waals surface area (Å²) in [5.74, 6) is -2.42. The van der Waals surface area contributed by atoms with E-state index in [0.29, 0.717) is 6.54 Å². The number of aromatic carboxylic acids is 1. The van der Waals surface area contributed by atoms with Gasteiger partial charge in [-0.3, -0.25) is 4.79 Å². The lowest BCUT2D eigenvalue weighted by Crippen LogP contribution is -2.42. The van der Waals surface area contributed by atoms with Crippen LogP contribution in [-0.4, -0.2) is 54.9 Å². The predicted molar refractivity (Wildman–Crippen MR) is 71.6 cm³/mol. The van der Waals surface area contributed by atoms with Gasteiger partial charge in [-0.15, -0.1) is 0 Å². The van der Waals surface area contributed by atoms with Gasteiger partial charge in [0.15, 0.2) is 5.76 Å². The minimum atomic E-state index is -3.22. The van der Waals surface area contributed by atoms with Crippen LogP contribution in [0.1, 0.15) is 35.0 Å². The van der Waals surface area contributed by atoms with E-state index in [9.17, 15) is 18.0 Å². The number of nitrogens with zero attached hydrogens (tertiary/aromatic N) is 1. The highest BCUT2D eigenvalue weighted by molar-refractivity contribution is 7.90. The second kappa shape index (κ2) is 6.08. The highest BCUT2D eigenvalue weighted by Crippen LogP contribution is 2.13. The Balaban J connectivity index is 2.93. The topological polar surface area (TPSA) is 105 Å². The van der Waals surface area contributed by atoms with E-state index >= 15 is 0 Å². The van der Waals surface area contributed by atoms with Crippen molar-refractivity contribution in [2.45, 2.75) is 19.9 Å². The van der Waals surface area contributed by atoms with Crippen LogP contribution in [0.25, 0.3) is 0 Å². The van der Waals surface area contributed by atoms with E-state index in [-0.39, 0.29) is 17.3 Å². The van der Waals surface area contributed by atoms with Crippen molar-refractivity contribution in [3.05, 3.63) is 23.7 Å². The molecule has 20 heavy (non-hydrogen) atoms. The quantitative estimate of drug-likeness (QED) is 0.836. The van der Waals surface area contributed by atoms with E-state index in [0.717, 1.165) is 6.26 Å². The zero-order chi connectivity index (χ0) is 15.5. The Morgan fingerprint density at radius 3 is 2.30 bits per heavy atom. The molecule has 0 spiro atoms. The molecule has 1 rings (SSSR count). The SMILES string of the molecule is CCN(C(=O)c1ccc(C(=O)O)o1)C(C)CS(C)(=O)=O. The summed E-state index contributed by atoms with van der Waals surface area (Å²) < 4.78 is 27.5. The molecule has 7 nitrogen and oxygen atoms in total. The van der Waals surface area contributed by atoms with E-state index in [1.54, 1.807) is 13.8 Å². The van der Waals surface area contributed by atoms with Crippen LogP contribution in [0.3, 0.4) is 0 Å². The van der Waals surface area contributed by atoms with Gasteiger partial charge in [0.1, 0.15) is 9.84 Å². The summed E-state index contributed by atoms with van der Waals surface area (Å²) in [6.07, 6.45) is 1.09. The van der Waals surface area contributed by atoms with Crippen molar-refractivity contribution >= 4 is 21.7 Å². The Morgan fingerprint density at radius 1 is 1.35 bits per heavy atom. The van der Waals surface area contributed by atoms with E-state index in [1.807, 2.05) is 0 Å². The van der Waals surface area contributed by atoms with Gasteiger partial charge < -0.3 is 14.4 Å². The maximum atomic E-state index is 12.2. The van der Waals surface area contributed by atoms with Crippen molar-refractivity contribution in [2.75, 3.05) is 18.6 Å². The van der Waals surface area contributed by atoms with Gasteiger partial charge in [0.05, 0.1) is 5.75 Å². The zero-order valence-electron chi connectivity index (χ0n) is 11.5. The Morgan fingerprint density at radius 2 is 1.90 bits per heavy atom. The highest BCUT2D eigenvalue weighted by Gasteiger charge is 2.25. The van der Waals surface area contributed by atoms with Crippen LogP contribution in [0.15, 0.2) is 16.5 Å². The number of amides is 1. The molecule has 0 aromatic carbocycles. The average molecular weight is 303 g/mol. The molecule has 0 fully saturated rings. The summed E-state index contributed by atoms with van der Waals surface area (Å²) >= 11 is 0. The number of carbonyl (C=O) groups is 2. The third-order valence-corrected chi connectivity index (χ3v) is 3.79. The first-order valence-electron chi connectivity index (χ1n) is 5.97. The maximum Gasteiger partial charge on any atom is 0.371 e. The van der Waals surface area contributed by atoms with Crippen molar-refractivity contribution in [3.8, 4) is 0 Å². The van der Waals surface area contributed by atoms with Gasteiger partial charge >= 0.3 is 5.97 Å². The molecule has 1 heterocycles. The van der Waals surface area contributed by atoms with Crippen molar-refractivity contribution in [1.82, 2.24) is 4.90 Å². The Kier molecular flexibility index (Phi) is 4.93. The number of furan rings is 1. The van der Waals surface area contributed by atoms with Crippen molar-refractivity contribution < 1.29 is 27.5 Å². The van der Waals surface area contributed by atoms with Crippen LogP contribution < -0.4 is 0 Å². The number of carboxylic acid groups (broad SMARTS) is 1. The van der Waals surface area contributed by atoms with Crippen LogP contribution in [0.2, 0.25) is 0 Å². The van der Waals surface area contributed by atoms with Crippen LogP contribution in [0, 0.1) is 0 Å². The molecule has 8 heteroatoms. The molecule has 0 radical (unpaired) electrons. The van der Waals surface area contributed by atoms with Crippen molar-refractivity contribution in [2.24, 2.45) is 0 Å². The molecule has 1 aromatic rings. The lowest BCUT2D eigenvalue weighted by Gasteiger charge is -2.26. The molecule has 1 aromatic heterocycles. The molecule has 112 valence electrons. The second-order valence-electron chi connectivity index (χ2n) is 4.50. The first-order valence-corrected chi connectivity index (χ1v) is 8.03. The van der Waals surface area contributed by atoms with Crippen LogP contribution in [0.4, 0.5) is 0 Å². The van der Waals surface area contributed by atoms with Gasteiger partial charge in [0.25, 0.3) is 5.91 Å². The summed E-state index contributed by atoms with van der Waals surface area (Å²) in [6.45, 7) is 3.61. The molecule has 0 aliphatic carbocycles. The summed E-state index contributed by atoms with van der Waals surface area (Å²) in [4.78, 5) is 24.2. The summed E-state index contributed by atoms with van der Waals surface area (Å²) in [5.41, 5.74) is 0. The van der Waals surface area contributed by atoms with Crippen molar-refractivity contribution in [1.29, 1.82) is 0 Å². The highest BCUT2D eigenvalue weighted by atomic mass is 32.2. The minimum Gasteiger partial charge on any atom is -0.475 e. The molecule has 1 unspecified atom stereocenters. The standard InChI is InChI=1S/C12H17NO6S/c1-4-13(8(2)7-20(3,17)18)11(14)9-5-6-10(19-9)12(15)16/h5-6,8H,4,7H2,1-3H3,(H,15,16). The normalized spacial score (nSPS) is 12.9. The molecule has 1 atom stereocenters. The third kappa shape index (κ3) is 4.09. The van der Waals surface area contributed by atoms with Gasteiger partial charge in [-0.1, -0.05) is 0 Å². The second-order valence-corrected chi connectivity index (χ2v) is 6.69. The van der Waals surface area contributed by atoms with Crippen LogP contribution in [-0.2, 0) is 9.84 Å². The number of hydrogen-bond donors (Lipinski definition) is 1. The van der Waals surface area contributed by atoms with Crippen LogP contribution >= 0.6 is 0 Å². The molecule has 0 bridgehead atoms. The fourth-order valence-electron chi connectivity index (χ4n) is 1.89. The molecule has 0 saturated heterocycles. The van der Waals surface area contributed by atoms with Gasteiger partial charge in [0.2, 0.25) is 5.76 Å². The molecule has 0 aliphatic rings. The Hall–Kier alpha value is -1.83. The predicted octanol–water partition coefficient (Wildman–Crippen LogP) is 0.873. The van der Waals surface area contributed by atoms with E-state index in [1.165, 1.54) is 17.0 Å². The van der Waals surface area contributed by atoms with Gasteiger partial charge in [-0.05, 0) is 26.0 Å². The molecule has 1 amide bonds. The first kappa shape index (κ1) is 16.2. The fourth-order valence-corrected chi connectivity index (χ4v) is 2.95. The number of carbonyl (C=O) groups excluding carboxylic acids is 1. The van der Waals surface area contributed by atoms with Gasteiger partial charge in [-0.2, -0.15) is 0 Å². The minimum absolute atomic E-state index is 0.121. The number of sulfone groups is 1. The van der Waals surface area contributed by atoms with Gasteiger partial charge in [-0.25, -0.2) is 13.2 Å². The maximum absolute atomic E-state index is 12.2. The molecular weight excluding hydrogens is 286 g/mol. The van der Waals surface area contributed by atoms with Gasteiger partial charge in [0, 0.05) is 18.8 Å². The monoisotopic (exact) mass is 303 g/mol. The van der Waals surface area contributed by atoms with Crippen LogP contribution in [0.5, 0.6) is 0 Å². The van der Waals surface area contributed by atoms with E-state index in [4.69, 9.17) is 9.52 Å². The number of carboxylic acids is 1. The summed E-state index contributed by atoms with van der Waals surface area (Å²) in [6, 6.07) is 1.92. The Labute approximate surface area is 117 Å². The third-order valence-electron chi connectivity index (χ3n) is 2.71. The number of rotatable bonds is 6. The molecular formula is C12H17NO6S. The lowest BCUT2D eigenvalue weighted by atomic mass is 10.3. The van der Waals surface area contributed by atoms with E-state index < -0.39 is 27.8 Å². The largest absolute Gasteiger partial charge is 0.475 e. The summed E-state index contributed by atoms with van der Waals surface area (Å²) in [5, 5.41) is 8.74. The smallest absolute Gasteiger partial charge is 0.371 e.